The van der Waals surface area contributed by atoms with Gasteiger partial charge in [0.15, 0.2) is 0 Å². The Bertz CT molecular complexity index is 774. The fourth-order valence-corrected chi connectivity index (χ4v) is 3.55. The van der Waals surface area contributed by atoms with Gasteiger partial charge in [0.05, 0.1) is 30.6 Å². The summed E-state index contributed by atoms with van der Waals surface area (Å²) in [6, 6.07) is 9.68. The largest absolute Gasteiger partial charge is 0.370 e. The number of nitrogens with zero attached hydrogens (tertiary/aromatic N) is 4. The number of aryl methyl sites for hydroxylation is 1. The monoisotopic (exact) mass is 340 g/mol. The van der Waals surface area contributed by atoms with Gasteiger partial charge in [0, 0.05) is 19.5 Å². The molecule has 1 amide bonds. The highest BCUT2D eigenvalue weighted by atomic mass is 16.5. The van der Waals surface area contributed by atoms with Crippen molar-refractivity contribution in [2.75, 3.05) is 13.1 Å². The van der Waals surface area contributed by atoms with Crippen LogP contribution in [0.15, 0.2) is 36.5 Å². The molecule has 3 heterocycles. The SMILES string of the molecule is O=C(CCc1ccccc1)C(=O)N1CC[C@H]2OCc3cnnn3[C@@H]2C1. The molecule has 1 saturated heterocycles. The van der Waals surface area contributed by atoms with Gasteiger partial charge in [-0.1, -0.05) is 35.5 Å². The molecule has 4 rings (SSSR count). The minimum absolute atomic E-state index is 0.0256. The molecule has 7 heteroatoms. The molecule has 2 aromatic rings. The van der Waals surface area contributed by atoms with Crippen LogP contribution in [0.1, 0.15) is 30.1 Å². The van der Waals surface area contributed by atoms with Gasteiger partial charge in [0.2, 0.25) is 5.78 Å². The van der Waals surface area contributed by atoms with Crippen LogP contribution < -0.4 is 0 Å². The summed E-state index contributed by atoms with van der Waals surface area (Å²) in [6.45, 7) is 1.48. The van der Waals surface area contributed by atoms with E-state index < -0.39 is 5.91 Å². The Morgan fingerprint density at radius 2 is 2.08 bits per heavy atom. The number of hydrogen-bond donors (Lipinski definition) is 0. The van der Waals surface area contributed by atoms with Gasteiger partial charge in [-0.2, -0.15) is 0 Å². The van der Waals surface area contributed by atoms with Crippen molar-refractivity contribution >= 4 is 11.7 Å². The highest BCUT2D eigenvalue weighted by Crippen LogP contribution is 2.30. The zero-order valence-electron chi connectivity index (χ0n) is 13.9. The minimum atomic E-state index is -0.401. The number of carbonyl (C=O) groups excluding carboxylic acids is 2. The highest BCUT2D eigenvalue weighted by molar-refractivity contribution is 6.36. The van der Waals surface area contributed by atoms with Crippen LogP contribution >= 0.6 is 0 Å². The number of aromatic nitrogens is 3. The normalized spacial score (nSPS) is 22.2. The smallest absolute Gasteiger partial charge is 0.290 e. The van der Waals surface area contributed by atoms with Crippen molar-refractivity contribution in [2.45, 2.75) is 38.0 Å². The molecule has 0 aliphatic carbocycles. The molecular formula is C18H20N4O3. The number of benzene rings is 1. The summed E-state index contributed by atoms with van der Waals surface area (Å²) in [7, 11) is 0. The molecule has 0 radical (unpaired) electrons. The second kappa shape index (κ2) is 6.76. The van der Waals surface area contributed by atoms with Gasteiger partial charge in [-0.3, -0.25) is 9.59 Å². The second-order valence-electron chi connectivity index (χ2n) is 6.54. The summed E-state index contributed by atoms with van der Waals surface area (Å²) in [5.41, 5.74) is 1.97. The lowest BCUT2D eigenvalue weighted by molar-refractivity contribution is -0.149. The zero-order valence-corrected chi connectivity index (χ0v) is 13.9. The predicted octanol–water partition coefficient (Wildman–Crippen LogP) is 1.15. The number of fused-ring (bicyclic) bond motifs is 3. The van der Waals surface area contributed by atoms with Crippen molar-refractivity contribution in [3.8, 4) is 0 Å². The summed E-state index contributed by atoms with van der Waals surface area (Å²) in [4.78, 5) is 26.5. The van der Waals surface area contributed by atoms with Crippen LogP contribution in [0.4, 0.5) is 0 Å². The first-order valence-electron chi connectivity index (χ1n) is 8.59. The molecule has 0 unspecified atom stereocenters. The molecular weight excluding hydrogens is 320 g/mol. The summed E-state index contributed by atoms with van der Waals surface area (Å²) >= 11 is 0. The Morgan fingerprint density at radius 3 is 2.92 bits per heavy atom. The van der Waals surface area contributed by atoms with Crippen molar-refractivity contribution < 1.29 is 14.3 Å². The van der Waals surface area contributed by atoms with Gasteiger partial charge in [-0.05, 0) is 18.4 Å². The Kier molecular flexibility index (Phi) is 4.31. The summed E-state index contributed by atoms with van der Waals surface area (Å²) in [5, 5.41) is 8.04. The number of hydrogen-bond acceptors (Lipinski definition) is 5. The topological polar surface area (TPSA) is 77.3 Å². The molecule has 1 aromatic heterocycles. The van der Waals surface area contributed by atoms with Gasteiger partial charge in [0.25, 0.3) is 5.91 Å². The molecule has 0 N–H and O–H groups in total. The van der Waals surface area contributed by atoms with Gasteiger partial charge in [-0.15, -0.1) is 5.10 Å². The quantitative estimate of drug-likeness (QED) is 0.781. The van der Waals surface area contributed by atoms with Crippen molar-refractivity contribution in [3.63, 3.8) is 0 Å². The van der Waals surface area contributed by atoms with Crippen molar-refractivity contribution in [2.24, 2.45) is 0 Å². The van der Waals surface area contributed by atoms with Gasteiger partial charge < -0.3 is 9.64 Å². The third-order valence-electron chi connectivity index (χ3n) is 4.94. The first-order chi connectivity index (χ1) is 12.2. The van der Waals surface area contributed by atoms with Gasteiger partial charge >= 0.3 is 0 Å². The molecule has 2 aliphatic heterocycles. The predicted molar refractivity (Wildman–Crippen MR) is 88.6 cm³/mol. The average Bonchev–Trinajstić information content (AvgIpc) is 3.15. The molecule has 25 heavy (non-hydrogen) atoms. The third-order valence-corrected chi connectivity index (χ3v) is 4.94. The molecule has 0 saturated carbocycles. The summed E-state index contributed by atoms with van der Waals surface area (Å²) < 4.78 is 7.67. The lowest BCUT2D eigenvalue weighted by atomic mass is 9.99. The maximum atomic E-state index is 12.5. The maximum Gasteiger partial charge on any atom is 0.290 e. The number of carbonyl (C=O) groups is 2. The van der Waals surface area contributed by atoms with Crippen LogP contribution in [-0.2, 0) is 27.4 Å². The van der Waals surface area contributed by atoms with Crippen molar-refractivity contribution in [1.82, 2.24) is 19.9 Å². The highest BCUT2D eigenvalue weighted by Gasteiger charge is 2.38. The Morgan fingerprint density at radius 1 is 1.24 bits per heavy atom. The number of ether oxygens (including phenoxy) is 1. The van der Waals surface area contributed by atoms with E-state index in [1.165, 1.54) is 0 Å². The molecule has 7 nitrogen and oxygen atoms in total. The zero-order chi connectivity index (χ0) is 17.2. The second-order valence-corrected chi connectivity index (χ2v) is 6.54. The fourth-order valence-electron chi connectivity index (χ4n) is 3.55. The number of piperidine rings is 1. The molecule has 0 spiro atoms. The van der Waals surface area contributed by atoms with E-state index in [9.17, 15) is 9.59 Å². The van der Waals surface area contributed by atoms with Crippen LogP contribution in [0.25, 0.3) is 0 Å². The van der Waals surface area contributed by atoms with Crippen LogP contribution in [-0.4, -0.2) is 50.8 Å². The third kappa shape index (κ3) is 3.19. The minimum Gasteiger partial charge on any atom is -0.370 e. The maximum absolute atomic E-state index is 12.5. The standard InChI is InChI=1S/C18H20N4O3/c23-16(7-6-13-4-2-1-3-5-13)18(24)21-9-8-17-15(11-21)22-14(12-25-17)10-19-20-22/h1-5,10,15,17H,6-9,11-12H2/t15-,17-/m1/s1. The lowest BCUT2D eigenvalue weighted by Gasteiger charge is -2.40. The van der Waals surface area contributed by atoms with E-state index in [-0.39, 0.29) is 24.3 Å². The average molecular weight is 340 g/mol. The van der Waals surface area contributed by atoms with Crippen molar-refractivity contribution in [1.29, 1.82) is 0 Å². The Labute approximate surface area is 145 Å². The fraction of sp³-hybridized carbons (Fsp3) is 0.444. The number of Topliss-reactive ketones (excluding diaryl/α,β-unsaturated/α-hetero) is 1. The van der Waals surface area contributed by atoms with E-state index in [1.807, 2.05) is 35.0 Å². The Balaban J connectivity index is 1.39. The van der Waals surface area contributed by atoms with E-state index in [0.717, 1.165) is 11.3 Å². The lowest BCUT2D eigenvalue weighted by Crippen LogP contribution is -2.51. The van der Waals surface area contributed by atoms with E-state index in [1.54, 1.807) is 11.1 Å². The number of likely N-dealkylation sites (tertiary alicyclic amines) is 1. The molecule has 0 bridgehead atoms. The summed E-state index contributed by atoms with van der Waals surface area (Å²) in [6.07, 6.45) is 3.24. The molecule has 2 atom stereocenters. The number of rotatable bonds is 4. The first-order valence-corrected chi connectivity index (χ1v) is 8.59. The van der Waals surface area contributed by atoms with Gasteiger partial charge in [0.1, 0.15) is 0 Å². The van der Waals surface area contributed by atoms with E-state index >= 15 is 0 Å². The Hall–Kier alpha value is -2.54. The summed E-state index contributed by atoms with van der Waals surface area (Å²) in [5.74, 6) is -0.737. The molecule has 2 aliphatic rings. The molecule has 1 aromatic carbocycles. The first kappa shape index (κ1) is 16.0. The van der Waals surface area contributed by atoms with Crippen LogP contribution in [0.5, 0.6) is 0 Å². The van der Waals surface area contributed by atoms with Crippen molar-refractivity contribution in [3.05, 3.63) is 47.8 Å². The van der Waals surface area contributed by atoms with Gasteiger partial charge in [-0.25, -0.2) is 4.68 Å². The van der Waals surface area contributed by atoms with E-state index in [2.05, 4.69) is 10.3 Å². The van der Waals surface area contributed by atoms with Crippen LogP contribution in [0, 0.1) is 0 Å². The van der Waals surface area contributed by atoms with Crippen LogP contribution in [0.3, 0.4) is 0 Å². The van der Waals surface area contributed by atoms with E-state index in [4.69, 9.17) is 4.74 Å². The van der Waals surface area contributed by atoms with Crippen LogP contribution in [0.2, 0.25) is 0 Å². The number of ketones is 1. The molecule has 130 valence electrons. The molecule has 1 fully saturated rings. The van der Waals surface area contributed by atoms with E-state index in [0.29, 0.717) is 32.5 Å². The number of amides is 1.